The lowest BCUT2D eigenvalue weighted by molar-refractivity contribution is -0.115. The van der Waals surface area contributed by atoms with Gasteiger partial charge >= 0.3 is 6.18 Å². The molecule has 1 aliphatic heterocycles. The third-order valence-corrected chi connectivity index (χ3v) is 4.29. The molecule has 0 spiro atoms. The molecule has 0 radical (unpaired) electrons. The number of benzene rings is 1. The Hall–Kier alpha value is -2.82. The molecule has 0 saturated carbocycles. The van der Waals surface area contributed by atoms with Crippen LogP contribution >= 0.6 is 0 Å². The molecule has 5 nitrogen and oxygen atoms in total. The molecule has 0 atom stereocenters. The molecule has 1 N–H and O–H groups in total. The van der Waals surface area contributed by atoms with E-state index in [2.05, 4.69) is 27.4 Å². The lowest BCUT2D eigenvalue weighted by atomic mass is 10.0. The summed E-state index contributed by atoms with van der Waals surface area (Å²) in [5.41, 5.74) is 2.54. The van der Waals surface area contributed by atoms with Crippen LogP contribution in [0.4, 0.5) is 24.8 Å². The molecule has 1 aromatic carbocycles. The van der Waals surface area contributed by atoms with Crippen LogP contribution in [0.5, 0.6) is 0 Å². The first-order valence-electron chi connectivity index (χ1n) is 8.28. The summed E-state index contributed by atoms with van der Waals surface area (Å²) in [5.74, 6) is 0.636. The molecule has 0 fully saturated rings. The topological polar surface area (TPSA) is 64.8 Å². The highest BCUT2D eigenvalue weighted by molar-refractivity contribution is 5.66. The van der Waals surface area contributed by atoms with E-state index in [0.717, 1.165) is 12.8 Å². The smallest absolute Gasteiger partial charge is 0.360 e. The Morgan fingerprint density at radius 3 is 2.31 bits per heavy atom. The summed E-state index contributed by atoms with van der Waals surface area (Å²) in [6.07, 6.45) is -2.82. The average molecular weight is 361 g/mol. The van der Waals surface area contributed by atoms with Crippen molar-refractivity contribution >= 4 is 11.6 Å². The fourth-order valence-electron chi connectivity index (χ4n) is 3.08. The van der Waals surface area contributed by atoms with Crippen LogP contribution < -0.4 is 10.2 Å². The average Bonchev–Trinajstić information content (AvgIpc) is 2.81. The number of hydrogen-bond donors (Lipinski definition) is 1. The molecule has 2 aromatic rings. The lowest BCUT2D eigenvalue weighted by Crippen LogP contribution is -2.29. The third kappa shape index (κ3) is 4.04. The van der Waals surface area contributed by atoms with Crippen molar-refractivity contribution in [2.24, 2.45) is 0 Å². The highest BCUT2D eigenvalue weighted by Crippen LogP contribution is 2.27. The van der Waals surface area contributed by atoms with Crippen molar-refractivity contribution in [1.82, 2.24) is 9.97 Å². The SMILES string of the molecule is Cc1nc(NCC(F)(F)F)c(C#N)c(N2CCc3ccccc3CC2)n1. The van der Waals surface area contributed by atoms with Crippen molar-refractivity contribution in [2.45, 2.75) is 25.9 Å². The van der Waals surface area contributed by atoms with E-state index in [4.69, 9.17) is 0 Å². The predicted octanol–water partition coefficient (Wildman–Crippen LogP) is 3.24. The van der Waals surface area contributed by atoms with Gasteiger partial charge in [0.15, 0.2) is 5.82 Å². The van der Waals surface area contributed by atoms with Gasteiger partial charge in [0.05, 0.1) is 0 Å². The quantitative estimate of drug-likeness (QED) is 0.909. The molecule has 0 saturated heterocycles. The molecule has 26 heavy (non-hydrogen) atoms. The van der Waals surface area contributed by atoms with Crippen molar-refractivity contribution in [3.05, 3.63) is 46.8 Å². The summed E-state index contributed by atoms with van der Waals surface area (Å²) in [6, 6.07) is 10.1. The molecule has 1 aliphatic rings. The van der Waals surface area contributed by atoms with Crippen molar-refractivity contribution in [3.8, 4) is 6.07 Å². The van der Waals surface area contributed by atoms with Crippen LogP contribution in [0.15, 0.2) is 24.3 Å². The maximum Gasteiger partial charge on any atom is 0.405 e. The summed E-state index contributed by atoms with van der Waals surface area (Å²) in [6.45, 7) is 1.64. The van der Waals surface area contributed by atoms with Crippen LogP contribution in [0, 0.1) is 18.3 Å². The second-order valence-corrected chi connectivity index (χ2v) is 6.15. The van der Waals surface area contributed by atoms with E-state index in [9.17, 15) is 18.4 Å². The maximum absolute atomic E-state index is 12.5. The van der Waals surface area contributed by atoms with Gasteiger partial charge in [0.1, 0.15) is 29.8 Å². The second kappa shape index (κ2) is 7.20. The Morgan fingerprint density at radius 1 is 1.15 bits per heavy atom. The number of nitrogens with one attached hydrogen (secondary N) is 1. The highest BCUT2D eigenvalue weighted by atomic mass is 19.4. The molecule has 0 aliphatic carbocycles. The van der Waals surface area contributed by atoms with Crippen LogP contribution in [-0.4, -0.2) is 35.8 Å². The van der Waals surface area contributed by atoms with E-state index in [1.54, 1.807) is 6.92 Å². The lowest BCUT2D eigenvalue weighted by Gasteiger charge is -2.24. The molecule has 0 bridgehead atoms. The van der Waals surface area contributed by atoms with Crippen molar-refractivity contribution in [1.29, 1.82) is 5.26 Å². The van der Waals surface area contributed by atoms with Gasteiger partial charge in [-0.1, -0.05) is 24.3 Å². The monoisotopic (exact) mass is 361 g/mol. The first-order chi connectivity index (χ1) is 12.4. The van der Waals surface area contributed by atoms with Crippen LogP contribution in [0.2, 0.25) is 0 Å². The molecular formula is C18H18F3N5. The summed E-state index contributed by atoms with van der Waals surface area (Å²) in [4.78, 5) is 10.3. The molecule has 3 rings (SSSR count). The van der Waals surface area contributed by atoms with E-state index in [1.807, 2.05) is 23.1 Å². The molecule has 1 aromatic heterocycles. The van der Waals surface area contributed by atoms with Gasteiger partial charge in [0.25, 0.3) is 0 Å². The van der Waals surface area contributed by atoms with Crippen molar-refractivity contribution < 1.29 is 13.2 Å². The van der Waals surface area contributed by atoms with E-state index in [1.165, 1.54) is 11.1 Å². The van der Waals surface area contributed by atoms with Gasteiger partial charge in [0.2, 0.25) is 0 Å². The zero-order valence-electron chi connectivity index (χ0n) is 14.3. The first-order valence-corrected chi connectivity index (χ1v) is 8.28. The minimum Gasteiger partial charge on any atom is -0.360 e. The van der Waals surface area contributed by atoms with Gasteiger partial charge in [0, 0.05) is 13.1 Å². The number of alkyl halides is 3. The third-order valence-electron chi connectivity index (χ3n) is 4.29. The van der Waals surface area contributed by atoms with E-state index >= 15 is 0 Å². The molecule has 0 amide bonds. The number of nitriles is 1. The van der Waals surface area contributed by atoms with Gasteiger partial charge in [-0.3, -0.25) is 0 Å². The Morgan fingerprint density at radius 2 is 1.77 bits per heavy atom. The number of aryl methyl sites for hydroxylation is 1. The predicted molar refractivity (Wildman–Crippen MR) is 92.1 cm³/mol. The minimum absolute atomic E-state index is 0.0470. The van der Waals surface area contributed by atoms with Crippen LogP contribution in [-0.2, 0) is 12.8 Å². The van der Waals surface area contributed by atoms with E-state index in [0.29, 0.717) is 24.7 Å². The van der Waals surface area contributed by atoms with E-state index < -0.39 is 12.7 Å². The fraction of sp³-hybridized carbons (Fsp3) is 0.389. The number of hydrogen-bond acceptors (Lipinski definition) is 5. The Kier molecular flexibility index (Phi) is 4.98. The van der Waals surface area contributed by atoms with Gasteiger partial charge in [-0.25, -0.2) is 9.97 Å². The summed E-state index contributed by atoms with van der Waals surface area (Å²) < 4.78 is 37.6. The molecule has 0 unspecified atom stereocenters. The Labute approximate surface area is 149 Å². The van der Waals surface area contributed by atoms with Gasteiger partial charge in [-0.05, 0) is 30.9 Å². The minimum atomic E-state index is -4.39. The Bertz CT molecular complexity index is 815. The summed E-state index contributed by atoms with van der Waals surface area (Å²) >= 11 is 0. The number of aromatic nitrogens is 2. The molecule has 136 valence electrons. The van der Waals surface area contributed by atoms with Crippen molar-refractivity contribution in [3.63, 3.8) is 0 Å². The normalized spacial score (nSPS) is 14.3. The number of rotatable bonds is 3. The zero-order valence-corrected chi connectivity index (χ0v) is 14.3. The Balaban J connectivity index is 1.90. The largest absolute Gasteiger partial charge is 0.405 e. The zero-order chi connectivity index (χ0) is 18.7. The number of fused-ring (bicyclic) bond motifs is 1. The molecule has 8 heteroatoms. The maximum atomic E-state index is 12.5. The van der Waals surface area contributed by atoms with Crippen LogP contribution in [0.1, 0.15) is 22.5 Å². The number of anilines is 2. The number of halogens is 3. The van der Waals surface area contributed by atoms with Gasteiger partial charge in [-0.2, -0.15) is 18.4 Å². The standard InChI is InChI=1S/C18H18F3N5/c1-12-24-16(23-11-18(19,20)21)15(10-22)17(25-12)26-8-6-13-4-2-3-5-14(13)7-9-26/h2-5H,6-9,11H2,1H3,(H,23,24,25). The summed E-state index contributed by atoms with van der Waals surface area (Å²) in [5, 5.41) is 11.7. The van der Waals surface area contributed by atoms with E-state index in [-0.39, 0.29) is 11.4 Å². The van der Waals surface area contributed by atoms with Crippen molar-refractivity contribution in [2.75, 3.05) is 29.9 Å². The molecule has 2 heterocycles. The van der Waals surface area contributed by atoms with Gasteiger partial charge in [-0.15, -0.1) is 0 Å². The second-order valence-electron chi connectivity index (χ2n) is 6.15. The molecular weight excluding hydrogens is 343 g/mol. The van der Waals surface area contributed by atoms with Gasteiger partial charge < -0.3 is 10.2 Å². The fourth-order valence-corrected chi connectivity index (χ4v) is 3.08. The van der Waals surface area contributed by atoms with Crippen LogP contribution in [0.25, 0.3) is 0 Å². The summed E-state index contributed by atoms with van der Waals surface area (Å²) in [7, 11) is 0. The highest BCUT2D eigenvalue weighted by Gasteiger charge is 2.28. The van der Waals surface area contributed by atoms with Crippen LogP contribution in [0.3, 0.4) is 0 Å². The number of nitrogens with zero attached hydrogens (tertiary/aromatic N) is 4. The first kappa shape index (κ1) is 18.0.